The Morgan fingerprint density at radius 3 is 2.32 bits per heavy atom. The van der Waals surface area contributed by atoms with Crippen LogP contribution in [-0.4, -0.2) is 37.5 Å². The molecule has 4 heteroatoms. The first-order chi connectivity index (χ1) is 8.76. The monoisotopic (exact) mass is 288 g/mol. The third kappa shape index (κ3) is 4.64. The molecule has 0 atom stereocenters. The first kappa shape index (κ1) is 16.8. The van der Waals surface area contributed by atoms with Crippen molar-refractivity contribution in [2.24, 2.45) is 5.41 Å². The van der Waals surface area contributed by atoms with Gasteiger partial charge < -0.3 is 10.2 Å². The van der Waals surface area contributed by atoms with Crippen LogP contribution in [0.3, 0.4) is 0 Å². The normalized spacial score (nSPS) is 22.1. The summed E-state index contributed by atoms with van der Waals surface area (Å²) in [6, 6.07) is 0. The minimum absolute atomic E-state index is 0. The summed E-state index contributed by atoms with van der Waals surface area (Å²) in [7, 11) is 1.94. The molecule has 1 heterocycles. The minimum atomic E-state index is 0. The highest BCUT2D eigenvalue weighted by atomic mass is 35.5. The summed E-state index contributed by atoms with van der Waals surface area (Å²) in [6.07, 6.45) is 11.3. The number of amides is 1. The number of carbonyl (C=O) groups excluding carboxylic acids is 1. The van der Waals surface area contributed by atoms with Crippen molar-refractivity contribution in [2.75, 3.05) is 26.7 Å². The third-order valence-electron chi connectivity index (χ3n) is 4.91. The van der Waals surface area contributed by atoms with Crippen LogP contribution in [0, 0.1) is 5.41 Å². The van der Waals surface area contributed by atoms with Crippen LogP contribution in [-0.2, 0) is 4.79 Å². The molecule has 0 aromatic carbocycles. The minimum Gasteiger partial charge on any atom is -0.343 e. The van der Waals surface area contributed by atoms with Crippen molar-refractivity contribution < 1.29 is 4.79 Å². The molecule has 2 rings (SSSR count). The lowest BCUT2D eigenvalue weighted by Gasteiger charge is -2.44. The molecule has 1 spiro atoms. The van der Waals surface area contributed by atoms with Crippen molar-refractivity contribution in [3.63, 3.8) is 0 Å². The van der Waals surface area contributed by atoms with Crippen LogP contribution in [0.2, 0.25) is 0 Å². The van der Waals surface area contributed by atoms with Crippen LogP contribution < -0.4 is 5.32 Å². The number of nitrogens with one attached hydrogen (secondary N) is 1. The lowest BCUT2D eigenvalue weighted by molar-refractivity contribution is -0.134. The molecule has 1 amide bonds. The maximum atomic E-state index is 12.0. The second-order valence-electron chi connectivity index (χ2n) is 6.15. The van der Waals surface area contributed by atoms with Gasteiger partial charge in [0.15, 0.2) is 0 Å². The Morgan fingerprint density at radius 2 is 1.74 bits per heavy atom. The predicted molar refractivity (Wildman–Crippen MR) is 81.7 cm³/mol. The zero-order valence-electron chi connectivity index (χ0n) is 12.2. The number of hydrogen-bond donors (Lipinski definition) is 1. The molecule has 19 heavy (non-hydrogen) atoms. The van der Waals surface area contributed by atoms with E-state index in [0.29, 0.717) is 17.7 Å². The van der Waals surface area contributed by atoms with E-state index in [1.807, 2.05) is 7.05 Å². The number of carbonyl (C=O) groups is 1. The standard InChI is InChI=1S/C15H28N2O.ClH/c1-16-11-5-6-14(18)17-12-9-15(10-13-17)7-3-2-4-8-15;/h16H,2-13H2,1H3;1H. The van der Waals surface area contributed by atoms with Crippen molar-refractivity contribution in [2.45, 2.75) is 57.8 Å². The molecule has 0 bridgehead atoms. The number of halogens is 1. The molecule has 1 aliphatic carbocycles. The molecule has 0 aromatic heterocycles. The van der Waals surface area contributed by atoms with Gasteiger partial charge in [0.05, 0.1) is 0 Å². The van der Waals surface area contributed by atoms with Gasteiger partial charge in [0.1, 0.15) is 0 Å². The van der Waals surface area contributed by atoms with Gasteiger partial charge in [-0.1, -0.05) is 19.3 Å². The van der Waals surface area contributed by atoms with Crippen molar-refractivity contribution in [3.8, 4) is 0 Å². The topological polar surface area (TPSA) is 32.3 Å². The highest BCUT2D eigenvalue weighted by Crippen LogP contribution is 2.44. The Hall–Kier alpha value is -0.280. The van der Waals surface area contributed by atoms with Crippen molar-refractivity contribution in [3.05, 3.63) is 0 Å². The van der Waals surface area contributed by atoms with Crippen LogP contribution in [0.1, 0.15) is 57.8 Å². The summed E-state index contributed by atoms with van der Waals surface area (Å²) < 4.78 is 0. The van der Waals surface area contributed by atoms with Crippen LogP contribution in [0.25, 0.3) is 0 Å². The maximum Gasteiger partial charge on any atom is 0.222 e. The van der Waals surface area contributed by atoms with Gasteiger partial charge in [-0.2, -0.15) is 0 Å². The molecule has 0 aromatic rings. The molecule has 1 N–H and O–H groups in total. The largest absolute Gasteiger partial charge is 0.343 e. The van der Waals surface area contributed by atoms with Gasteiger partial charge in [0.25, 0.3) is 0 Å². The van der Waals surface area contributed by atoms with Gasteiger partial charge in [-0.05, 0) is 51.1 Å². The van der Waals surface area contributed by atoms with Gasteiger partial charge >= 0.3 is 0 Å². The van der Waals surface area contributed by atoms with Crippen LogP contribution in [0.15, 0.2) is 0 Å². The SMILES string of the molecule is CNCCCC(=O)N1CCC2(CCCCC2)CC1.Cl. The highest BCUT2D eigenvalue weighted by molar-refractivity contribution is 5.85. The number of nitrogens with zero attached hydrogens (tertiary/aromatic N) is 1. The Labute approximate surface area is 123 Å². The molecule has 1 aliphatic heterocycles. The lowest BCUT2D eigenvalue weighted by atomic mass is 9.68. The third-order valence-corrected chi connectivity index (χ3v) is 4.91. The maximum absolute atomic E-state index is 12.0. The average molecular weight is 289 g/mol. The highest BCUT2D eigenvalue weighted by Gasteiger charge is 2.36. The van der Waals surface area contributed by atoms with Crippen molar-refractivity contribution in [1.29, 1.82) is 0 Å². The number of piperidine rings is 1. The summed E-state index contributed by atoms with van der Waals surface area (Å²) in [5, 5.41) is 3.10. The summed E-state index contributed by atoms with van der Waals surface area (Å²) in [5.41, 5.74) is 0.611. The summed E-state index contributed by atoms with van der Waals surface area (Å²) in [6.45, 7) is 2.97. The smallest absolute Gasteiger partial charge is 0.222 e. The van der Waals surface area contributed by atoms with E-state index >= 15 is 0 Å². The molecule has 2 fully saturated rings. The molecule has 112 valence electrons. The van der Waals surface area contributed by atoms with Gasteiger partial charge in [-0.15, -0.1) is 12.4 Å². The Kier molecular flexibility index (Phi) is 7.16. The molecular weight excluding hydrogens is 260 g/mol. The second-order valence-corrected chi connectivity index (χ2v) is 6.15. The number of hydrogen-bond acceptors (Lipinski definition) is 2. The van der Waals surface area contributed by atoms with Crippen LogP contribution in [0.5, 0.6) is 0 Å². The van der Waals surface area contributed by atoms with E-state index in [4.69, 9.17) is 0 Å². The molecule has 2 aliphatic rings. The molecule has 0 radical (unpaired) electrons. The number of likely N-dealkylation sites (tertiary alicyclic amines) is 1. The van der Waals surface area contributed by atoms with Crippen molar-refractivity contribution in [1.82, 2.24) is 10.2 Å². The molecule has 1 saturated carbocycles. The van der Waals surface area contributed by atoms with Gasteiger partial charge in [-0.25, -0.2) is 0 Å². The van der Waals surface area contributed by atoms with Crippen molar-refractivity contribution >= 4 is 18.3 Å². The summed E-state index contributed by atoms with van der Waals surface area (Å²) in [4.78, 5) is 14.1. The quantitative estimate of drug-likeness (QED) is 0.807. The summed E-state index contributed by atoms with van der Waals surface area (Å²) in [5.74, 6) is 0.371. The summed E-state index contributed by atoms with van der Waals surface area (Å²) >= 11 is 0. The molecule has 1 saturated heterocycles. The van der Waals surface area contributed by atoms with Crippen LogP contribution >= 0.6 is 12.4 Å². The Bertz CT molecular complexity index is 267. The fraction of sp³-hybridized carbons (Fsp3) is 0.933. The van der Waals surface area contributed by atoms with E-state index in [-0.39, 0.29) is 12.4 Å². The number of rotatable bonds is 4. The van der Waals surface area contributed by atoms with Gasteiger partial charge in [-0.3, -0.25) is 4.79 Å². The molecule has 3 nitrogen and oxygen atoms in total. The Balaban J connectivity index is 0.00000180. The fourth-order valence-electron chi connectivity index (χ4n) is 3.61. The van der Waals surface area contributed by atoms with E-state index in [2.05, 4.69) is 10.2 Å². The first-order valence-electron chi connectivity index (χ1n) is 7.68. The predicted octanol–water partition coefficient (Wildman–Crippen LogP) is 2.98. The van der Waals surface area contributed by atoms with Gasteiger partial charge in [0.2, 0.25) is 5.91 Å². The zero-order chi connectivity index (χ0) is 12.8. The molecular formula is C15H29ClN2O. The van der Waals surface area contributed by atoms with E-state index in [1.54, 1.807) is 0 Å². The first-order valence-corrected chi connectivity index (χ1v) is 7.68. The zero-order valence-corrected chi connectivity index (χ0v) is 13.1. The molecule has 0 unspecified atom stereocenters. The van der Waals surface area contributed by atoms with Gasteiger partial charge in [0, 0.05) is 19.5 Å². The lowest BCUT2D eigenvalue weighted by Crippen LogP contribution is -2.43. The van der Waals surface area contributed by atoms with E-state index < -0.39 is 0 Å². The van der Waals surface area contributed by atoms with E-state index in [1.165, 1.54) is 44.9 Å². The Morgan fingerprint density at radius 1 is 1.11 bits per heavy atom. The van der Waals surface area contributed by atoms with E-state index in [9.17, 15) is 4.79 Å². The van der Waals surface area contributed by atoms with E-state index in [0.717, 1.165) is 26.1 Å². The average Bonchev–Trinajstić information content (AvgIpc) is 2.41. The fourth-order valence-corrected chi connectivity index (χ4v) is 3.61. The van der Waals surface area contributed by atoms with Crippen LogP contribution in [0.4, 0.5) is 0 Å². The second kappa shape index (κ2) is 8.11.